The fraction of sp³-hybridized carbons (Fsp3) is 0.600. The molecule has 1 aromatic rings. The Morgan fingerprint density at radius 3 is 2.95 bits per heavy atom. The zero-order chi connectivity index (χ0) is 15.6. The van der Waals surface area contributed by atoms with Gasteiger partial charge in [-0.3, -0.25) is 10.1 Å². The molecule has 1 atom stereocenters. The van der Waals surface area contributed by atoms with Crippen LogP contribution in [0.15, 0.2) is 10.3 Å². The van der Waals surface area contributed by atoms with Gasteiger partial charge in [0.05, 0.1) is 17.6 Å². The molecular weight excluding hydrogens is 342 g/mol. The Kier molecular flexibility index (Phi) is 5.17. The minimum atomic E-state index is -3.79. The normalized spacial score (nSPS) is 20.6. The molecule has 21 heavy (non-hydrogen) atoms. The molecule has 8 nitrogen and oxygen atoms in total. The first-order chi connectivity index (χ1) is 9.86. The van der Waals surface area contributed by atoms with E-state index in [1.807, 2.05) is 0 Å². The number of sulfonamides is 1. The third-order valence-corrected chi connectivity index (χ3v) is 6.62. The minimum Gasteiger partial charge on any atom is -0.374 e. The maximum atomic E-state index is 12.5. The Hall–Kier alpha value is -0.780. The van der Waals surface area contributed by atoms with Crippen molar-refractivity contribution in [3.63, 3.8) is 0 Å². The summed E-state index contributed by atoms with van der Waals surface area (Å²) in [6.45, 7) is 1.22. The average Bonchev–Trinajstić information content (AvgIpc) is 2.82. The average molecular weight is 356 g/mol. The van der Waals surface area contributed by atoms with E-state index in [4.69, 9.17) is 16.3 Å². The number of ether oxygens (including phenoxy) is 1. The predicted molar refractivity (Wildman–Crippen MR) is 78.4 cm³/mol. The number of halogens is 1. The van der Waals surface area contributed by atoms with Gasteiger partial charge < -0.3 is 10.1 Å². The molecule has 0 saturated carbocycles. The largest absolute Gasteiger partial charge is 0.374 e. The van der Waals surface area contributed by atoms with Crippen molar-refractivity contribution in [3.8, 4) is 0 Å². The second-order valence-corrected chi connectivity index (χ2v) is 8.21. The van der Waals surface area contributed by atoms with Crippen molar-refractivity contribution in [1.82, 2.24) is 9.62 Å². The van der Waals surface area contributed by atoms with Gasteiger partial charge in [-0.1, -0.05) is 11.6 Å². The van der Waals surface area contributed by atoms with Gasteiger partial charge >= 0.3 is 0 Å². The number of morpholine rings is 1. The first-order valence-electron chi connectivity index (χ1n) is 6.06. The summed E-state index contributed by atoms with van der Waals surface area (Å²) in [4.78, 5) is 10.1. The molecule has 1 fully saturated rings. The number of nitrogens with one attached hydrogen (secondary N) is 1. The van der Waals surface area contributed by atoms with E-state index in [2.05, 4.69) is 5.32 Å². The number of nitrogens with zero attached hydrogens (tertiary/aromatic N) is 2. The van der Waals surface area contributed by atoms with Gasteiger partial charge in [0.25, 0.3) is 15.7 Å². The first kappa shape index (κ1) is 16.6. The molecule has 1 aromatic heterocycles. The third kappa shape index (κ3) is 3.52. The van der Waals surface area contributed by atoms with E-state index in [0.717, 1.165) is 6.07 Å². The topological polar surface area (TPSA) is 102 Å². The number of hydrogen-bond donors (Lipinski definition) is 1. The Morgan fingerprint density at radius 1 is 1.67 bits per heavy atom. The summed E-state index contributed by atoms with van der Waals surface area (Å²) in [5, 5.41) is 13.7. The number of rotatable bonds is 5. The van der Waals surface area contributed by atoms with E-state index in [0.29, 0.717) is 17.9 Å². The van der Waals surface area contributed by atoms with Crippen LogP contribution in [0.4, 0.5) is 5.69 Å². The van der Waals surface area contributed by atoms with Crippen molar-refractivity contribution in [3.05, 3.63) is 20.5 Å². The van der Waals surface area contributed by atoms with Crippen LogP contribution in [0.5, 0.6) is 0 Å². The van der Waals surface area contributed by atoms with Gasteiger partial charge in [0, 0.05) is 25.7 Å². The van der Waals surface area contributed by atoms with Crippen LogP contribution in [0.2, 0.25) is 4.34 Å². The molecule has 0 spiro atoms. The van der Waals surface area contributed by atoms with Crippen LogP contribution in [-0.2, 0) is 14.8 Å². The van der Waals surface area contributed by atoms with Gasteiger partial charge in [0.2, 0.25) is 0 Å². The van der Waals surface area contributed by atoms with Gasteiger partial charge in [-0.25, -0.2) is 8.42 Å². The molecule has 0 aromatic carbocycles. The van der Waals surface area contributed by atoms with Crippen LogP contribution in [0, 0.1) is 10.1 Å². The molecular formula is C10H14ClN3O5S2. The Labute approximate surface area is 130 Å². The summed E-state index contributed by atoms with van der Waals surface area (Å²) >= 11 is 6.42. The second kappa shape index (κ2) is 6.55. The third-order valence-electron chi connectivity index (χ3n) is 2.97. The summed E-state index contributed by atoms with van der Waals surface area (Å²) in [6, 6.07) is 1.00. The highest BCUT2D eigenvalue weighted by molar-refractivity contribution is 7.91. The molecule has 0 amide bonds. The lowest BCUT2D eigenvalue weighted by atomic mass is 10.3. The Morgan fingerprint density at radius 2 is 2.38 bits per heavy atom. The van der Waals surface area contributed by atoms with Crippen molar-refractivity contribution >= 4 is 38.6 Å². The van der Waals surface area contributed by atoms with Gasteiger partial charge in [0.1, 0.15) is 4.21 Å². The number of thiophene rings is 1. The number of hydrogen-bond acceptors (Lipinski definition) is 7. The summed E-state index contributed by atoms with van der Waals surface area (Å²) in [5.41, 5.74) is -0.389. The molecule has 1 aliphatic rings. The van der Waals surface area contributed by atoms with Crippen molar-refractivity contribution in [2.75, 3.05) is 33.3 Å². The summed E-state index contributed by atoms with van der Waals surface area (Å²) in [7, 11) is -2.04. The number of nitro groups is 1. The monoisotopic (exact) mass is 355 g/mol. The number of likely N-dealkylation sites (N-methyl/N-ethyl adjacent to an activating group) is 1. The van der Waals surface area contributed by atoms with Crippen molar-refractivity contribution < 1.29 is 18.1 Å². The highest BCUT2D eigenvalue weighted by Crippen LogP contribution is 2.37. The summed E-state index contributed by atoms with van der Waals surface area (Å²) in [5.74, 6) is 0. The lowest BCUT2D eigenvalue weighted by Gasteiger charge is -2.31. The molecule has 118 valence electrons. The highest BCUT2D eigenvalue weighted by atomic mass is 35.5. The highest BCUT2D eigenvalue weighted by Gasteiger charge is 2.34. The summed E-state index contributed by atoms with van der Waals surface area (Å²) in [6.07, 6.45) is -0.246. The van der Waals surface area contributed by atoms with E-state index >= 15 is 0 Å². The van der Waals surface area contributed by atoms with Gasteiger partial charge in [-0.05, 0) is 7.05 Å². The zero-order valence-corrected chi connectivity index (χ0v) is 13.5. The van der Waals surface area contributed by atoms with Crippen LogP contribution in [0.1, 0.15) is 0 Å². The molecule has 0 bridgehead atoms. The molecule has 11 heteroatoms. The van der Waals surface area contributed by atoms with Gasteiger partial charge in [0.15, 0.2) is 4.34 Å². The predicted octanol–water partition coefficient (Wildman–Crippen LogP) is 0.919. The molecule has 2 heterocycles. The van der Waals surface area contributed by atoms with Crippen molar-refractivity contribution in [1.29, 1.82) is 0 Å². The minimum absolute atomic E-state index is 0.121. The fourth-order valence-corrected chi connectivity index (χ4v) is 5.25. The Bertz CT molecular complexity index is 631. The Balaban J connectivity index is 2.25. The lowest BCUT2D eigenvalue weighted by Crippen LogP contribution is -2.48. The van der Waals surface area contributed by atoms with E-state index in [9.17, 15) is 18.5 Å². The van der Waals surface area contributed by atoms with Crippen molar-refractivity contribution in [2.24, 2.45) is 0 Å². The maximum Gasteiger partial charge on any atom is 0.300 e. The molecule has 1 saturated heterocycles. The molecule has 2 rings (SSSR count). The van der Waals surface area contributed by atoms with E-state index in [-0.39, 0.29) is 40.0 Å². The summed E-state index contributed by atoms with van der Waals surface area (Å²) < 4.78 is 31.5. The molecule has 0 aliphatic carbocycles. The van der Waals surface area contributed by atoms with Crippen LogP contribution in [0.25, 0.3) is 0 Å². The SMILES string of the molecule is CNCC1CN(S(=O)(=O)c2cc([N+](=O)[O-])c(Cl)s2)CCO1. The molecule has 1 unspecified atom stereocenters. The standard InChI is InChI=1S/C10H14ClN3O5S2/c1-12-5-7-6-13(2-3-19-7)21(17,18)9-4-8(14(15)16)10(11)20-9/h4,7,12H,2-3,5-6H2,1H3. The molecule has 1 aliphatic heterocycles. The quantitative estimate of drug-likeness (QED) is 0.622. The maximum absolute atomic E-state index is 12.5. The van der Waals surface area contributed by atoms with Crippen LogP contribution < -0.4 is 5.32 Å². The molecule has 0 radical (unpaired) electrons. The van der Waals surface area contributed by atoms with Crippen LogP contribution in [0.3, 0.4) is 0 Å². The van der Waals surface area contributed by atoms with Gasteiger partial charge in [-0.15, -0.1) is 11.3 Å². The zero-order valence-electron chi connectivity index (χ0n) is 11.1. The smallest absolute Gasteiger partial charge is 0.300 e. The van der Waals surface area contributed by atoms with Crippen LogP contribution >= 0.6 is 22.9 Å². The van der Waals surface area contributed by atoms with E-state index in [1.54, 1.807) is 7.05 Å². The molecule has 1 N–H and O–H groups in total. The van der Waals surface area contributed by atoms with Gasteiger partial charge in [-0.2, -0.15) is 4.31 Å². The fourth-order valence-electron chi connectivity index (χ4n) is 1.98. The van der Waals surface area contributed by atoms with E-state index < -0.39 is 14.9 Å². The van der Waals surface area contributed by atoms with Crippen molar-refractivity contribution in [2.45, 2.75) is 10.3 Å². The second-order valence-electron chi connectivity index (χ2n) is 4.40. The first-order valence-corrected chi connectivity index (χ1v) is 8.69. The van der Waals surface area contributed by atoms with Crippen LogP contribution in [-0.4, -0.2) is 57.0 Å². The lowest BCUT2D eigenvalue weighted by molar-refractivity contribution is -0.384. The van der Waals surface area contributed by atoms with E-state index in [1.165, 1.54) is 4.31 Å².